The second-order valence-corrected chi connectivity index (χ2v) is 9.81. The lowest BCUT2D eigenvalue weighted by Crippen LogP contribution is -2.44. The van der Waals surface area contributed by atoms with Crippen molar-refractivity contribution in [2.24, 2.45) is 5.10 Å². The van der Waals surface area contributed by atoms with E-state index in [0.29, 0.717) is 11.2 Å². The predicted molar refractivity (Wildman–Crippen MR) is 149 cm³/mol. The second-order valence-electron chi connectivity index (χ2n) is 9.81. The third-order valence-corrected chi connectivity index (χ3v) is 6.92. The summed E-state index contributed by atoms with van der Waals surface area (Å²) in [5.74, 6) is -1.05. The van der Waals surface area contributed by atoms with Gasteiger partial charge in [0.1, 0.15) is 11.4 Å². The fourth-order valence-corrected chi connectivity index (χ4v) is 4.55. The molecule has 1 saturated heterocycles. The van der Waals surface area contributed by atoms with E-state index in [2.05, 4.69) is 22.5 Å². The van der Waals surface area contributed by atoms with Gasteiger partial charge in [0.05, 0.1) is 17.4 Å². The van der Waals surface area contributed by atoms with Crippen LogP contribution < -0.4 is 20.7 Å². The minimum Gasteiger partial charge on any atom is -0.378 e. The molecule has 2 heterocycles. The van der Waals surface area contributed by atoms with E-state index >= 15 is 4.39 Å². The van der Waals surface area contributed by atoms with Gasteiger partial charge in [-0.1, -0.05) is 12.1 Å². The summed E-state index contributed by atoms with van der Waals surface area (Å²) < 4.78 is 17.2. The summed E-state index contributed by atoms with van der Waals surface area (Å²) >= 11 is 0. The van der Waals surface area contributed by atoms with Crippen LogP contribution in [0.2, 0.25) is 0 Å². The minimum absolute atomic E-state index is 0. The third-order valence-electron chi connectivity index (χ3n) is 6.92. The quantitative estimate of drug-likeness (QED) is 0.393. The number of carbonyl (C=O) groups excluding carboxylic acids is 1. The molecule has 0 atom stereocenters. The van der Waals surface area contributed by atoms with Gasteiger partial charge >= 0.3 is 0 Å². The summed E-state index contributed by atoms with van der Waals surface area (Å²) in [6.45, 7) is 3.16. The van der Waals surface area contributed by atoms with Gasteiger partial charge in [0.25, 0.3) is 5.91 Å². The Balaban J connectivity index is 0.00000320. The molecule has 10 heteroatoms. The molecule has 1 amide bonds. The summed E-state index contributed by atoms with van der Waals surface area (Å²) in [7, 11) is 5.97. The number of hydrazone groups is 1. The topological polar surface area (TPSA) is 73.2 Å². The Morgan fingerprint density at radius 1 is 1.11 bits per heavy atom. The van der Waals surface area contributed by atoms with E-state index in [9.17, 15) is 9.59 Å². The molecule has 0 bridgehead atoms. The molecule has 2 aromatic carbocycles. The Morgan fingerprint density at radius 2 is 1.78 bits per heavy atom. The number of aromatic nitrogens is 1. The summed E-state index contributed by atoms with van der Waals surface area (Å²) in [5, 5.41) is 4.25. The molecule has 8 nitrogen and oxygen atoms in total. The summed E-state index contributed by atoms with van der Waals surface area (Å²) in [6, 6.07) is 10.9. The highest BCUT2D eigenvalue weighted by Crippen LogP contribution is 2.38. The third kappa shape index (κ3) is 5.62. The molecule has 0 spiro atoms. The van der Waals surface area contributed by atoms with Gasteiger partial charge in [-0.15, -0.1) is 12.4 Å². The molecule has 0 unspecified atom stereocenters. The molecule has 1 aliphatic heterocycles. The number of pyridine rings is 1. The standard InChI is InChI=1S/C27H31FN6O2.ClH/c1-31(2)19-6-4-18(5-7-19)16-29-30-27(36)22-17-34(20-8-9-20)24-15-25(23(28)14-21(24)26(22)35)33-12-10-32(3)11-13-33;/h4-7,14-17,20H,8-13H2,1-3H3,(H,30,36);1H/b29-16-;. The minimum atomic E-state index is -0.610. The lowest BCUT2D eigenvalue weighted by molar-refractivity contribution is 0.0953. The lowest BCUT2D eigenvalue weighted by Gasteiger charge is -2.34. The fraction of sp³-hybridized carbons (Fsp3) is 0.370. The van der Waals surface area contributed by atoms with E-state index in [4.69, 9.17) is 0 Å². The van der Waals surface area contributed by atoms with Gasteiger partial charge in [-0.25, -0.2) is 9.82 Å². The Bertz CT molecular complexity index is 1380. The molecule has 1 aliphatic carbocycles. The number of piperazine rings is 1. The molecule has 0 radical (unpaired) electrons. The van der Waals surface area contributed by atoms with Crippen LogP contribution in [0.4, 0.5) is 15.8 Å². The van der Waals surface area contributed by atoms with Gasteiger partial charge in [-0.3, -0.25) is 9.59 Å². The highest BCUT2D eigenvalue weighted by molar-refractivity contribution is 5.98. The predicted octanol–water partition coefficient (Wildman–Crippen LogP) is 3.48. The molecule has 2 aliphatic rings. The van der Waals surface area contributed by atoms with E-state index in [0.717, 1.165) is 50.3 Å². The number of anilines is 2. The van der Waals surface area contributed by atoms with Crippen LogP contribution in [0.3, 0.4) is 0 Å². The zero-order valence-electron chi connectivity index (χ0n) is 21.3. The highest BCUT2D eigenvalue weighted by Gasteiger charge is 2.28. The molecule has 2 fully saturated rings. The molecule has 1 aromatic heterocycles. The number of nitrogens with one attached hydrogen (secondary N) is 1. The van der Waals surface area contributed by atoms with Crippen molar-refractivity contribution >= 4 is 46.8 Å². The van der Waals surface area contributed by atoms with Crippen molar-refractivity contribution in [1.82, 2.24) is 14.9 Å². The van der Waals surface area contributed by atoms with Crippen LogP contribution in [0.25, 0.3) is 10.9 Å². The Hall–Kier alpha value is -3.43. The van der Waals surface area contributed by atoms with Gasteiger partial charge in [-0.2, -0.15) is 5.10 Å². The van der Waals surface area contributed by atoms with Gasteiger partial charge in [0.2, 0.25) is 5.43 Å². The van der Waals surface area contributed by atoms with E-state index in [1.807, 2.05) is 52.7 Å². The maximum atomic E-state index is 15.2. The molecular formula is C27H32ClFN6O2. The first-order valence-corrected chi connectivity index (χ1v) is 12.2. The van der Waals surface area contributed by atoms with Crippen molar-refractivity contribution in [2.75, 3.05) is 57.1 Å². The van der Waals surface area contributed by atoms with Crippen LogP contribution in [0, 0.1) is 5.82 Å². The average molecular weight is 527 g/mol. The number of hydrogen-bond acceptors (Lipinski definition) is 6. The van der Waals surface area contributed by atoms with Crippen LogP contribution in [0.5, 0.6) is 0 Å². The summed E-state index contributed by atoms with van der Waals surface area (Å²) in [5.41, 5.74) is 4.96. The number of nitrogens with zero attached hydrogens (tertiary/aromatic N) is 5. The maximum absolute atomic E-state index is 15.2. The van der Waals surface area contributed by atoms with Gasteiger partial charge < -0.3 is 19.3 Å². The van der Waals surface area contributed by atoms with Crippen molar-refractivity contribution in [3.05, 3.63) is 69.8 Å². The second kappa shape index (κ2) is 10.9. The summed E-state index contributed by atoms with van der Waals surface area (Å²) in [4.78, 5) is 32.4. The SMILES string of the molecule is CN1CCN(c2cc3c(cc2F)c(=O)c(C(=O)N/N=C\c2ccc(N(C)C)cc2)cn3C2CC2)CC1.Cl. The smallest absolute Gasteiger partial charge is 0.276 e. The van der Waals surface area contributed by atoms with E-state index < -0.39 is 17.2 Å². The number of hydrogen-bond donors (Lipinski definition) is 1. The van der Waals surface area contributed by atoms with Gasteiger partial charge in [-0.05, 0) is 49.7 Å². The van der Waals surface area contributed by atoms with Crippen LogP contribution in [-0.4, -0.2) is 68.9 Å². The Kier molecular flexibility index (Phi) is 7.85. The first kappa shape index (κ1) is 26.6. The first-order valence-electron chi connectivity index (χ1n) is 12.2. The number of halogens is 2. The van der Waals surface area contributed by atoms with Gasteiger partial charge in [0, 0.05) is 63.6 Å². The molecule has 1 N–H and O–H groups in total. The fourth-order valence-electron chi connectivity index (χ4n) is 4.55. The number of benzene rings is 2. The average Bonchev–Trinajstić information content (AvgIpc) is 3.70. The van der Waals surface area contributed by atoms with Crippen molar-refractivity contribution in [3.8, 4) is 0 Å². The Labute approximate surface area is 221 Å². The Morgan fingerprint density at radius 3 is 2.41 bits per heavy atom. The number of rotatable bonds is 6. The largest absolute Gasteiger partial charge is 0.378 e. The maximum Gasteiger partial charge on any atom is 0.276 e. The molecule has 5 rings (SSSR count). The normalized spacial score (nSPS) is 16.2. The molecule has 37 heavy (non-hydrogen) atoms. The van der Waals surface area contributed by atoms with Crippen LogP contribution in [-0.2, 0) is 0 Å². The number of likely N-dealkylation sites (N-methyl/N-ethyl adjacent to an activating group) is 1. The van der Waals surface area contributed by atoms with Gasteiger partial charge in [0.15, 0.2) is 0 Å². The van der Waals surface area contributed by atoms with Crippen molar-refractivity contribution in [1.29, 1.82) is 0 Å². The molecular weight excluding hydrogens is 495 g/mol. The van der Waals surface area contributed by atoms with Crippen molar-refractivity contribution in [3.63, 3.8) is 0 Å². The first-order chi connectivity index (χ1) is 17.3. The van der Waals surface area contributed by atoms with Crippen LogP contribution >= 0.6 is 12.4 Å². The lowest BCUT2D eigenvalue weighted by atomic mass is 10.1. The number of carbonyl (C=O) groups is 1. The van der Waals surface area contributed by atoms with E-state index in [-0.39, 0.29) is 29.4 Å². The zero-order chi connectivity index (χ0) is 25.4. The van der Waals surface area contributed by atoms with E-state index in [1.54, 1.807) is 12.3 Å². The molecule has 1 saturated carbocycles. The number of amides is 1. The van der Waals surface area contributed by atoms with Crippen LogP contribution in [0.15, 0.2) is 52.5 Å². The molecule has 3 aromatic rings. The van der Waals surface area contributed by atoms with Crippen LogP contribution in [0.1, 0.15) is 34.8 Å². The molecule has 196 valence electrons. The van der Waals surface area contributed by atoms with Crippen molar-refractivity contribution < 1.29 is 9.18 Å². The van der Waals surface area contributed by atoms with E-state index in [1.165, 1.54) is 12.3 Å². The van der Waals surface area contributed by atoms with Crippen molar-refractivity contribution in [2.45, 2.75) is 18.9 Å². The highest BCUT2D eigenvalue weighted by atomic mass is 35.5. The zero-order valence-corrected chi connectivity index (χ0v) is 22.1. The summed E-state index contributed by atoms with van der Waals surface area (Å²) in [6.07, 6.45) is 5.05. The number of fused-ring (bicyclic) bond motifs is 1. The monoisotopic (exact) mass is 526 g/mol.